The molecule has 0 spiro atoms. The molecule has 170 valence electrons. The first-order valence-corrected chi connectivity index (χ1v) is 10.2. The number of carbonyl (C=O) groups is 3. The Morgan fingerprint density at radius 2 is 1.70 bits per heavy atom. The van der Waals surface area contributed by atoms with Crippen LogP contribution < -0.4 is 10.8 Å². The summed E-state index contributed by atoms with van der Waals surface area (Å²) in [6, 6.07) is 17.4. The first-order valence-electron chi connectivity index (χ1n) is 10.2. The lowest BCUT2D eigenvalue weighted by atomic mass is 9.98. The predicted octanol–water partition coefficient (Wildman–Crippen LogP) is 2.92. The highest BCUT2D eigenvalue weighted by Crippen LogP contribution is 2.44. The number of anilines is 1. The number of hydroxylamine groups is 1. The molecule has 0 aliphatic heterocycles. The van der Waals surface area contributed by atoms with Crippen molar-refractivity contribution in [1.29, 1.82) is 0 Å². The van der Waals surface area contributed by atoms with Crippen LogP contribution >= 0.6 is 0 Å². The van der Waals surface area contributed by atoms with Crippen LogP contribution in [0.4, 0.5) is 10.6 Å². The van der Waals surface area contributed by atoms with Crippen LogP contribution in [0.2, 0.25) is 0 Å². The Kier molecular flexibility index (Phi) is 6.09. The molecule has 1 heterocycles. The zero-order chi connectivity index (χ0) is 23.5. The quantitative estimate of drug-likeness (QED) is 0.472. The lowest BCUT2D eigenvalue weighted by Gasteiger charge is -2.14. The minimum Gasteiger partial charge on any atom is -0.479 e. The first kappa shape index (κ1) is 22.0. The minimum absolute atomic E-state index is 0.0657. The number of carboxylic acids is 1. The Labute approximate surface area is 189 Å². The molecule has 1 aromatic heterocycles. The summed E-state index contributed by atoms with van der Waals surface area (Å²) in [4.78, 5) is 40.1. The van der Waals surface area contributed by atoms with Gasteiger partial charge in [-0.25, -0.2) is 15.1 Å². The number of hydrogen-bond acceptors (Lipinski definition) is 6. The number of aliphatic carboxylic acids is 1. The topological polar surface area (TPSA) is 132 Å². The van der Waals surface area contributed by atoms with Crippen molar-refractivity contribution in [2.75, 3.05) is 11.9 Å². The number of nitrogens with zero attached hydrogens (tertiary/aromatic N) is 2. The number of carboxylic acid groups (broad SMARTS) is 1. The normalized spacial score (nSPS) is 13.0. The van der Waals surface area contributed by atoms with E-state index < -0.39 is 24.1 Å². The van der Waals surface area contributed by atoms with Crippen molar-refractivity contribution in [2.24, 2.45) is 7.05 Å². The monoisotopic (exact) mass is 450 g/mol. The van der Waals surface area contributed by atoms with Crippen molar-refractivity contribution in [3.63, 3.8) is 0 Å². The van der Waals surface area contributed by atoms with Gasteiger partial charge >= 0.3 is 12.1 Å². The summed E-state index contributed by atoms with van der Waals surface area (Å²) in [5, 5.41) is 15.3. The number of nitrogens with one attached hydrogen (secondary N) is 2. The van der Waals surface area contributed by atoms with Crippen LogP contribution in [0.15, 0.2) is 54.6 Å². The number of hydrogen-bond donors (Lipinski definition) is 3. The Morgan fingerprint density at radius 1 is 1.09 bits per heavy atom. The van der Waals surface area contributed by atoms with E-state index >= 15 is 0 Å². The highest BCUT2D eigenvalue weighted by atomic mass is 16.7. The zero-order valence-corrected chi connectivity index (χ0v) is 17.9. The van der Waals surface area contributed by atoms with E-state index in [4.69, 9.17) is 14.7 Å². The standard InChI is InChI=1S/C23H22N4O6/c1-13(22(29)30)33-26-21(28)19-11-20(27(2)25-19)24-23(31)32-12-18-16-9-5-3-7-14(16)15-8-4-6-10-17(15)18/h3-11,13,18H,12H2,1-2H3,(H,24,31)(H,26,28)(H,29,30). The van der Waals surface area contributed by atoms with Gasteiger partial charge in [-0.1, -0.05) is 48.5 Å². The van der Waals surface area contributed by atoms with Crippen molar-refractivity contribution >= 4 is 23.8 Å². The molecule has 10 nitrogen and oxygen atoms in total. The van der Waals surface area contributed by atoms with Crippen LogP contribution in [0.1, 0.15) is 34.5 Å². The molecule has 0 bridgehead atoms. The second kappa shape index (κ2) is 9.13. The van der Waals surface area contributed by atoms with Crippen LogP contribution in [0.25, 0.3) is 11.1 Å². The van der Waals surface area contributed by atoms with Gasteiger partial charge in [0, 0.05) is 19.0 Å². The third-order valence-electron chi connectivity index (χ3n) is 5.36. The van der Waals surface area contributed by atoms with Crippen molar-refractivity contribution in [3.05, 3.63) is 71.4 Å². The van der Waals surface area contributed by atoms with Crippen molar-refractivity contribution < 1.29 is 29.1 Å². The van der Waals surface area contributed by atoms with Crippen molar-refractivity contribution in [2.45, 2.75) is 18.9 Å². The second-order valence-corrected chi connectivity index (χ2v) is 7.52. The summed E-state index contributed by atoms with van der Waals surface area (Å²) in [6.07, 6.45) is -1.92. The fourth-order valence-electron chi connectivity index (χ4n) is 3.68. The number of rotatable bonds is 7. The molecule has 0 radical (unpaired) electrons. The van der Waals surface area contributed by atoms with Gasteiger partial charge in [-0.15, -0.1) is 0 Å². The fourth-order valence-corrected chi connectivity index (χ4v) is 3.68. The molecule has 1 aliphatic rings. The zero-order valence-electron chi connectivity index (χ0n) is 17.9. The smallest absolute Gasteiger partial charge is 0.412 e. The molecule has 3 N–H and O–H groups in total. The molecule has 0 saturated carbocycles. The van der Waals surface area contributed by atoms with Crippen LogP contribution in [0.3, 0.4) is 0 Å². The number of amides is 2. The molecule has 2 amide bonds. The highest BCUT2D eigenvalue weighted by Gasteiger charge is 2.29. The summed E-state index contributed by atoms with van der Waals surface area (Å²) >= 11 is 0. The number of fused-ring (bicyclic) bond motifs is 3. The molecule has 2 aromatic carbocycles. The van der Waals surface area contributed by atoms with Crippen LogP contribution in [-0.2, 0) is 21.4 Å². The van der Waals surface area contributed by atoms with Gasteiger partial charge in [0.05, 0.1) is 0 Å². The van der Waals surface area contributed by atoms with E-state index in [1.807, 2.05) is 41.9 Å². The van der Waals surface area contributed by atoms with Gasteiger partial charge in [-0.05, 0) is 29.2 Å². The lowest BCUT2D eigenvalue weighted by Crippen LogP contribution is -2.32. The van der Waals surface area contributed by atoms with Crippen LogP contribution in [-0.4, -0.2) is 45.6 Å². The lowest BCUT2D eigenvalue weighted by molar-refractivity contribution is -0.152. The van der Waals surface area contributed by atoms with Gasteiger partial charge < -0.3 is 9.84 Å². The fraction of sp³-hybridized carbons (Fsp3) is 0.217. The Bertz CT molecular complexity index is 1180. The molecule has 4 rings (SSSR count). The number of aryl methyl sites for hydroxylation is 1. The maximum atomic E-state index is 12.4. The van der Waals surface area contributed by atoms with E-state index in [2.05, 4.69) is 22.5 Å². The molecular weight excluding hydrogens is 428 g/mol. The second-order valence-electron chi connectivity index (χ2n) is 7.52. The Morgan fingerprint density at radius 3 is 2.30 bits per heavy atom. The predicted molar refractivity (Wildman–Crippen MR) is 118 cm³/mol. The Hall–Kier alpha value is -4.18. The number of benzene rings is 2. The highest BCUT2D eigenvalue weighted by molar-refractivity contribution is 5.93. The third kappa shape index (κ3) is 4.55. The molecule has 1 unspecified atom stereocenters. The summed E-state index contributed by atoms with van der Waals surface area (Å²) in [5.74, 6) is -1.83. The van der Waals surface area contributed by atoms with Gasteiger partial charge in [0.25, 0.3) is 5.91 Å². The van der Waals surface area contributed by atoms with Gasteiger partial charge in [-0.3, -0.25) is 19.6 Å². The first-order chi connectivity index (χ1) is 15.8. The molecule has 33 heavy (non-hydrogen) atoms. The SMILES string of the molecule is CC(ONC(=O)c1cc(NC(=O)OCC2c3ccccc3-c3ccccc32)n(C)n1)C(=O)O. The van der Waals surface area contributed by atoms with Crippen LogP contribution in [0.5, 0.6) is 0 Å². The molecule has 1 aliphatic carbocycles. The average Bonchev–Trinajstić information content (AvgIpc) is 3.33. The van der Waals surface area contributed by atoms with Gasteiger partial charge in [-0.2, -0.15) is 5.10 Å². The van der Waals surface area contributed by atoms with Gasteiger partial charge in [0.1, 0.15) is 12.4 Å². The van der Waals surface area contributed by atoms with E-state index in [1.54, 1.807) is 0 Å². The van der Waals surface area contributed by atoms with Gasteiger partial charge in [0.15, 0.2) is 11.8 Å². The van der Waals surface area contributed by atoms with Crippen molar-refractivity contribution in [1.82, 2.24) is 15.3 Å². The molecule has 1 atom stereocenters. The molecule has 3 aromatic rings. The number of ether oxygens (including phenoxy) is 1. The summed E-state index contributed by atoms with van der Waals surface area (Å²) in [7, 11) is 1.54. The van der Waals surface area contributed by atoms with Gasteiger partial charge in [0.2, 0.25) is 0 Å². The van der Waals surface area contributed by atoms with Crippen molar-refractivity contribution in [3.8, 4) is 11.1 Å². The van der Waals surface area contributed by atoms with E-state index in [1.165, 1.54) is 24.7 Å². The molecule has 10 heteroatoms. The van der Waals surface area contributed by atoms with E-state index in [9.17, 15) is 14.4 Å². The summed E-state index contributed by atoms with van der Waals surface area (Å²) in [5.41, 5.74) is 6.40. The minimum atomic E-state index is -1.23. The summed E-state index contributed by atoms with van der Waals surface area (Å²) < 4.78 is 6.78. The molecule has 0 saturated heterocycles. The molecular formula is C23H22N4O6. The maximum Gasteiger partial charge on any atom is 0.412 e. The largest absolute Gasteiger partial charge is 0.479 e. The van der Waals surface area contributed by atoms with E-state index in [0.717, 1.165) is 22.3 Å². The number of carbonyl (C=O) groups excluding carboxylic acids is 2. The Balaban J connectivity index is 1.38. The molecule has 0 fully saturated rings. The van der Waals surface area contributed by atoms with E-state index in [0.29, 0.717) is 0 Å². The number of aromatic nitrogens is 2. The summed E-state index contributed by atoms with van der Waals surface area (Å²) in [6.45, 7) is 1.41. The van der Waals surface area contributed by atoms with Crippen LogP contribution in [0, 0.1) is 0 Å². The average molecular weight is 450 g/mol. The third-order valence-corrected chi connectivity index (χ3v) is 5.36. The van der Waals surface area contributed by atoms with E-state index in [-0.39, 0.29) is 24.0 Å². The maximum absolute atomic E-state index is 12.4.